The van der Waals surface area contributed by atoms with Gasteiger partial charge in [0.05, 0.1) is 0 Å². The van der Waals surface area contributed by atoms with Crippen molar-refractivity contribution >= 4 is 22.0 Å². The minimum atomic E-state index is -0.308. The normalized spacial score (nSPS) is 23.4. The van der Waals surface area contributed by atoms with Crippen LogP contribution in [0.4, 0.5) is 4.79 Å². The van der Waals surface area contributed by atoms with Gasteiger partial charge in [-0.25, -0.2) is 4.79 Å². The third kappa shape index (κ3) is 4.33. The molecule has 1 aromatic rings. The highest BCUT2D eigenvalue weighted by Gasteiger charge is 2.20. The summed E-state index contributed by atoms with van der Waals surface area (Å²) in [5.41, 5.74) is 1.01. The highest BCUT2D eigenvalue weighted by atomic mass is 79.9. The molecule has 0 aliphatic heterocycles. The standard InChI is InChI=1S/C14H18BrNO2/c15-12-6-8-13(9-7-12)16-14(17)18-10-11-4-2-1-3-5-11/h1-5,12-13H,6-10H2,(H,16,17). The summed E-state index contributed by atoms with van der Waals surface area (Å²) < 4.78 is 5.20. The van der Waals surface area contributed by atoms with Crippen molar-refractivity contribution in [2.45, 2.75) is 43.2 Å². The Bertz CT molecular complexity index is 375. The maximum atomic E-state index is 11.6. The Morgan fingerprint density at radius 2 is 1.89 bits per heavy atom. The van der Waals surface area contributed by atoms with Crippen molar-refractivity contribution in [1.29, 1.82) is 0 Å². The van der Waals surface area contributed by atoms with Crippen molar-refractivity contribution in [2.24, 2.45) is 0 Å². The monoisotopic (exact) mass is 311 g/mol. The lowest BCUT2D eigenvalue weighted by atomic mass is 9.96. The van der Waals surface area contributed by atoms with Gasteiger partial charge in [0.2, 0.25) is 0 Å². The molecule has 0 unspecified atom stereocenters. The average Bonchev–Trinajstić information content (AvgIpc) is 2.40. The van der Waals surface area contributed by atoms with Crippen LogP contribution >= 0.6 is 15.9 Å². The fraction of sp³-hybridized carbons (Fsp3) is 0.500. The molecular formula is C14H18BrNO2. The number of hydrogen-bond donors (Lipinski definition) is 1. The molecule has 0 bridgehead atoms. The topological polar surface area (TPSA) is 38.3 Å². The first-order valence-corrected chi connectivity index (χ1v) is 7.27. The third-order valence-corrected chi connectivity index (χ3v) is 4.11. The first kappa shape index (κ1) is 13.4. The molecule has 0 aromatic heterocycles. The number of benzene rings is 1. The van der Waals surface area contributed by atoms with Gasteiger partial charge in [-0.05, 0) is 31.2 Å². The van der Waals surface area contributed by atoms with Crippen molar-refractivity contribution in [2.75, 3.05) is 0 Å². The molecule has 3 nitrogen and oxygen atoms in total. The van der Waals surface area contributed by atoms with Crippen LogP contribution < -0.4 is 5.32 Å². The van der Waals surface area contributed by atoms with Gasteiger partial charge in [-0.1, -0.05) is 46.3 Å². The van der Waals surface area contributed by atoms with E-state index in [-0.39, 0.29) is 12.1 Å². The van der Waals surface area contributed by atoms with Gasteiger partial charge in [0.25, 0.3) is 0 Å². The van der Waals surface area contributed by atoms with Gasteiger partial charge in [-0.3, -0.25) is 0 Å². The third-order valence-electron chi connectivity index (χ3n) is 3.19. The first-order valence-electron chi connectivity index (χ1n) is 6.35. The van der Waals surface area contributed by atoms with E-state index in [4.69, 9.17) is 4.74 Å². The Morgan fingerprint density at radius 1 is 1.22 bits per heavy atom. The summed E-state index contributed by atoms with van der Waals surface area (Å²) in [6.07, 6.45) is 3.97. The molecule has 0 radical (unpaired) electrons. The highest BCUT2D eigenvalue weighted by Crippen LogP contribution is 2.24. The van der Waals surface area contributed by atoms with Gasteiger partial charge in [0.15, 0.2) is 0 Å². The molecular weight excluding hydrogens is 294 g/mol. The molecule has 1 N–H and O–H groups in total. The summed E-state index contributed by atoms with van der Waals surface area (Å²) in [6, 6.07) is 9.98. The van der Waals surface area contributed by atoms with Gasteiger partial charge in [-0.15, -0.1) is 0 Å². The van der Waals surface area contributed by atoms with Crippen LogP contribution in [0.5, 0.6) is 0 Å². The van der Waals surface area contributed by atoms with E-state index in [1.165, 1.54) is 0 Å². The number of nitrogens with one attached hydrogen (secondary N) is 1. The Labute approximate surface area is 116 Å². The van der Waals surface area contributed by atoms with Crippen molar-refractivity contribution < 1.29 is 9.53 Å². The van der Waals surface area contributed by atoms with Crippen molar-refractivity contribution in [3.63, 3.8) is 0 Å². The number of carbonyl (C=O) groups excluding carboxylic acids is 1. The van der Waals surface area contributed by atoms with E-state index in [2.05, 4.69) is 21.2 Å². The average molecular weight is 312 g/mol. The molecule has 18 heavy (non-hydrogen) atoms. The maximum absolute atomic E-state index is 11.6. The van der Waals surface area contributed by atoms with E-state index in [1.807, 2.05) is 30.3 Å². The largest absolute Gasteiger partial charge is 0.445 e. The Balaban J connectivity index is 1.69. The minimum Gasteiger partial charge on any atom is -0.445 e. The zero-order valence-electron chi connectivity index (χ0n) is 10.3. The first-order chi connectivity index (χ1) is 8.74. The Kier molecular flexibility index (Phi) is 5.05. The van der Waals surface area contributed by atoms with Crippen LogP contribution in [0.15, 0.2) is 30.3 Å². The number of hydrogen-bond acceptors (Lipinski definition) is 2. The van der Waals surface area contributed by atoms with Gasteiger partial charge in [0.1, 0.15) is 6.61 Å². The number of carbonyl (C=O) groups is 1. The van der Waals surface area contributed by atoms with Crippen LogP contribution in [-0.2, 0) is 11.3 Å². The molecule has 1 aromatic carbocycles. The predicted octanol–water partition coefficient (Wildman–Crippen LogP) is 3.62. The molecule has 2 rings (SSSR count). The molecule has 1 fully saturated rings. The lowest BCUT2D eigenvalue weighted by molar-refractivity contribution is 0.133. The molecule has 0 heterocycles. The number of alkyl carbamates (subject to hydrolysis) is 1. The van der Waals surface area contributed by atoms with Crippen LogP contribution in [0.1, 0.15) is 31.2 Å². The lowest BCUT2D eigenvalue weighted by Gasteiger charge is -2.25. The number of alkyl halides is 1. The summed E-state index contributed by atoms with van der Waals surface area (Å²) in [7, 11) is 0. The smallest absolute Gasteiger partial charge is 0.407 e. The Hall–Kier alpha value is -1.03. The van der Waals surface area contributed by atoms with E-state index in [1.54, 1.807) is 0 Å². The molecule has 98 valence electrons. The number of halogens is 1. The number of rotatable bonds is 3. The summed E-state index contributed by atoms with van der Waals surface area (Å²) >= 11 is 3.60. The molecule has 1 amide bonds. The van der Waals surface area contributed by atoms with Crippen LogP contribution in [0.25, 0.3) is 0 Å². The number of ether oxygens (including phenoxy) is 1. The molecule has 1 saturated carbocycles. The van der Waals surface area contributed by atoms with Crippen molar-refractivity contribution in [3.05, 3.63) is 35.9 Å². The van der Waals surface area contributed by atoms with Crippen LogP contribution in [0, 0.1) is 0 Å². The number of amides is 1. The van der Waals surface area contributed by atoms with Crippen LogP contribution in [0.2, 0.25) is 0 Å². The van der Waals surface area contributed by atoms with Gasteiger partial charge >= 0.3 is 6.09 Å². The van der Waals surface area contributed by atoms with Crippen molar-refractivity contribution in [1.82, 2.24) is 5.32 Å². The molecule has 4 heteroatoms. The molecule has 0 saturated heterocycles. The van der Waals surface area contributed by atoms with E-state index in [0.29, 0.717) is 11.4 Å². The zero-order valence-corrected chi connectivity index (χ0v) is 11.9. The fourth-order valence-electron chi connectivity index (χ4n) is 2.13. The molecule has 1 aliphatic rings. The van der Waals surface area contributed by atoms with Crippen LogP contribution in [0.3, 0.4) is 0 Å². The minimum absolute atomic E-state index is 0.266. The second-order valence-corrected chi connectivity index (χ2v) is 5.95. The van der Waals surface area contributed by atoms with Crippen molar-refractivity contribution in [3.8, 4) is 0 Å². The zero-order chi connectivity index (χ0) is 12.8. The second-order valence-electron chi connectivity index (χ2n) is 4.65. The maximum Gasteiger partial charge on any atom is 0.407 e. The highest BCUT2D eigenvalue weighted by molar-refractivity contribution is 9.09. The summed E-state index contributed by atoms with van der Waals surface area (Å²) in [5.74, 6) is 0. The second kappa shape index (κ2) is 6.78. The SMILES string of the molecule is O=C(NC1CCC(Br)CC1)OCc1ccccc1. The predicted molar refractivity (Wildman–Crippen MR) is 74.7 cm³/mol. The van der Waals surface area contributed by atoms with E-state index in [9.17, 15) is 4.79 Å². The van der Waals surface area contributed by atoms with E-state index in [0.717, 1.165) is 31.2 Å². The van der Waals surface area contributed by atoms with E-state index >= 15 is 0 Å². The van der Waals surface area contributed by atoms with Gasteiger partial charge in [0, 0.05) is 10.9 Å². The fourth-order valence-corrected chi connectivity index (χ4v) is 2.66. The molecule has 0 spiro atoms. The van der Waals surface area contributed by atoms with Gasteiger partial charge < -0.3 is 10.1 Å². The quantitative estimate of drug-likeness (QED) is 0.866. The Morgan fingerprint density at radius 3 is 2.56 bits per heavy atom. The molecule has 1 aliphatic carbocycles. The lowest BCUT2D eigenvalue weighted by Crippen LogP contribution is -2.38. The summed E-state index contributed by atoms with van der Waals surface area (Å²) in [4.78, 5) is 12.2. The summed E-state index contributed by atoms with van der Waals surface area (Å²) in [6.45, 7) is 0.334. The van der Waals surface area contributed by atoms with Gasteiger partial charge in [-0.2, -0.15) is 0 Å². The molecule has 0 atom stereocenters. The van der Waals surface area contributed by atoms with Crippen LogP contribution in [-0.4, -0.2) is 17.0 Å². The van der Waals surface area contributed by atoms with E-state index < -0.39 is 0 Å². The summed E-state index contributed by atoms with van der Waals surface area (Å²) in [5, 5.41) is 2.93.